The van der Waals surface area contributed by atoms with E-state index in [4.69, 9.17) is 14.2 Å². The Balaban J connectivity index is 2.25. The summed E-state index contributed by atoms with van der Waals surface area (Å²) in [6.45, 7) is 3.72. The van der Waals surface area contributed by atoms with Crippen LogP contribution in [0.15, 0.2) is 23.2 Å². The number of nitrogens with one attached hydrogen (secondary N) is 2. The van der Waals surface area contributed by atoms with Crippen molar-refractivity contribution in [2.45, 2.75) is 45.6 Å². The minimum atomic E-state index is -0.103. The van der Waals surface area contributed by atoms with E-state index in [1.54, 1.807) is 21.3 Å². The van der Waals surface area contributed by atoms with Crippen molar-refractivity contribution < 1.29 is 19.0 Å². The molecule has 152 valence electrons. The molecular formula is C20H33N3O4. The second-order valence-electron chi connectivity index (χ2n) is 6.00. The van der Waals surface area contributed by atoms with E-state index in [1.165, 1.54) is 0 Å². The average molecular weight is 380 g/mol. The van der Waals surface area contributed by atoms with Gasteiger partial charge in [-0.3, -0.25) is 9.79 Å². The first-order valence-corrected chi connectivity index (χ1v) is 9.45. The number of nitrogens with zero attached hydrogens (tertiary/aromatic N) is 1. The molecule has 0 bridgehead atoms. The summed E-state index contributed by atoms with van der Waals surface area (Å²) in [5, 5.41) is 6.59. The van der Waals surface area contributed by atoms with Crippen LogP contribution >= 0.6 is 0 Å². The summed E-state index contributed by atoms with van der Waals surface area (Å²) < 4.78 is 15.5. The number of hydrogen-bond donors (Lipinski definition) is 2. The molecule has 1 aromatic rings. The molecule has 0 atom stereocenters. The number of benzene rings is 1. The highest BCUT2D eigenvalue weighted by molar-refractivity contribution is 5.79. The molecule has 0 saturated carbocycles. The van der Waals surface area contributed by atoms with E-state index in [-0.39, 0.29) is 5.97 Å². The van der Waals surface area contributed by atoms with Gasteiger partial charge in [-0.15, -0.1) is 0 Å². The number of methoxy groups -OCH3 is 2. The van der Waals surface area contributed by atoms with Crippen molar-refractivity contribution in [1.29, 1.82) is 0 Å². The Morgan fingerprint density at radius 3 is 2.52 bits per heavy atom. The quantitative estimate of drug-likeness (QED) is 0.252. The van der Waals surface area contributed by atoms with Gasteiger partial charge in [-0.25, -0.2) is 0 Å². The van der Waals surface area contributed by atoms with Crippen molar-refractivity contribution in [3.05, 3.63) is 23.8 Å². The first kappa shape index (κ1) is 22.6. The maximum Gasteiger partial charge on any atom is 0.305 e. The second-order valence-corrected chi connectivity index (χ2v) is 6.00. The topological polar surface area (TPSA) is 81.2 Å². The van der Waals surface area contributed by atoms with E-state index in [0.29, 0.717) is 19.6 Å². The molecule has 7 heteroatoms. The van der Waals surface area contributed by atoms with Crippen molar-refractivity contribution in [3.63, 3.8) is 0 Å². The van der Waals surface area contributed by atoms with Gasteiger partial charge in [-0.05, 0) is 31.9 Å². The number of carbonyl (C=O) groups is 1. The molecular weight excluding hydrogens is 346 g/mol. The summed E-state index contributed by atoms with van der Waals surface area (Å²) in [4.78, 5) is 15.5. The van der Waals surface area contributed by atoms with Crippen molar-refractivity contribution in [1.82, 2.24) is 10.6 Å². The number of hydrogen-bond acceptors (Lipinski definition) is 5. The lowest BCUT2D eigenvalue weighted by Gasteiger charge is -2.14. The number of guanidine groups is 1. The SMILES string of the molecule is CCOC(=O)CCCCCCNC(=NC)NCc1ccc(OC)cc1OC. The van der Waals surface area contributed by atoms with Gasteiger partial charge in [-0.1, -0.05) is 12.8 Å². The molecule has 0 aliphatic heterocycles. The van der Waals surface area contributed by atoms with Crippen LogP contribution in [0.4, 0.5) is 0 Å². The van der Waals surface area contributed by atoms with Gasteiger partial charge in [0.2, 0.25) is 0 Å². The predicted octanol–water partition coefficient (Wildman–Crippen LogP) is 2.88. The largest absolute Gasteiger partial charge is 0.497 e. The lowest BCUT2D eigenvalue weighted by Crippen LogP contribution is -2.37. The molecule has 2 N–H and O–H groups in total. The third-order valence-corrected chi connectivity index (χ3v) is 4.07. The molecule has 0 aliphatic rings. The molecule has 0 amide bonds. The maximum absolute atomic E-state index is 11.3. The third kappa shape index (κ3) is 9.17. The Hall–Kier alpha value is -2.44. The highest BCUT2D eigenvalue weighted by atomic mass is 16.5. The fraction of sp³-hybridized carbons (Fsp3) is 0.600. The van der Waals surface area contributed by atoms with Crippen LogP contribution in [0.1, 0.15) is 44.6 Å². The van der Waals surface area contributed by atoms with Crippen molar-refractivity contribution in [3.8, 4) is 11.5 Å². The van der Waals surface area contributed by atoms with Crippen LogP contribution in [0.25, 0.3) is 0 Å². The summed E-state index contributed by atoms with van der Waals surface area (Å²) in [7, 11) is 5.03. The van der Waals surface area contributed by atoms with Gasteiger partial charge >= 0.3 is 5.97 Å². The Morgan fingerprint density at radius 1 is 1.07 bits per heavy atom. The van der Waals surface area contributed by atoms with Crippen LogP contribution in [0.5, 0.6) is 11.5 Å². The van der Waals surface area contributed by atoms with Gasteiger partial charge < -0.3 is 24.8 Å². The fourth-order valence-corrected chi connectivity index (χ4v) is 2.59. The zero-order chi connectivity index (χ0) is 19.9. The first-order chi connectivity index (χ1) is 13.1. The van der Waals surface area contributed by atoms with Crippen LogP contribution in [0.2, 0.25) is 0 Å². The average Bonchev–Trinajstić information content (AvgIpc) is 2.69. The standard InChI is InChI=1S/C20H33N3O4/c1-5-27-19(24)10-8-6-7-9-13-22-20(21-2)23-15-16-11-12-17(25-3)14-18(16)26-4/h11-12,14H,5-10,13,15H2,1-4H3,(H2,21,22,23). The summed E-state index contributed by atoms with van der Waals surface area (Å²) in [6.07, 6.45) is 4.50. The Kier molecular flexibility index (Phi) is 11.5. The number of aliphatic imine (C=N–C) groups is 1. The van der Waals surface area contributed by atoms with Gasteiger partial charge in [0, 0.05) is 38.2 Å². The van der Waals surface area contributed by atoms with Gasteiger partial charge in [0.25, 0.3) is 0 Å². The van der Waals surface area contributed by atoms with Gasteiger partial charge in [0.1, 0.15) is 11.5 Å². The summed E-state index contributed by atoms with van der Waals surface area (Å²) >= 11 is 0. The fourth-order valence-electron chi connectivity index (χ4n) is 2.59. The number of ether oxygens (including phenoxy) is 3. The van der Waals surface area contributed by atoms with E-state index in [1.807, 2.05) is 25.1 Å². The highest BCUT2D eigenvalue weighted by Gasteiger charge is 2.06. The molecule has 1 aromatic carbocycles. The minimum Gasteiger partial charge on any atom is -0.497 e. The van der Waals surface area contributed by atoms with E-state index < -0.39 is 0 Å². The summed E-state index contributed by atoms with van der Waals surface area (Å²) in [5.74, 6) is 2.19. The molecule has 0 unspecified atom stereocenters. The molecule has 27 heavy (non-hydrogen) atoms. The number of rotatable bonds is 12. The van der Waals surface area contributed by atoms with Crippen LogP contribution < -0.4 is 20.1 Å². The van der Waals surface area contributed by atoms with Gasteiger partial charge in [-0.2, -0.15) is 0 Å². The van der Waals surface area contributed by atoms with Crippen LogP contribution in [-0.4, -0.2) is 46.3 Å². The molecule has 0 heterocycles. The molecule has 0 saturated heterocycles. The summed E-state index contributed by atoms with van der Waals surface area (Å²) in [5.41, 5.74) is 1.03. The molecule has 0 radical (unpaired) electrons. The van der Waals surface area contributed by atoms with Crippen LogP contribution in [0.3, 0.4) is 0 Å². The lowest BCUT2D eigenvalue weighted by molar-refractivity contribution is -0.143. The normalized spacial score (nSPS) is 11.0. The van der Waals surface area contributed by atoms with Crippen molar-refractivity contribution >= 4 is 11.9 Å². The van der Waals surface area contributed by atoms with E-state index in [2.05, 4.69) is 15.6 Å². The molecule has 0 fully saturated rings. The minimum absolute atomic E-state index is 0.103. The van der Waals surface area contributed by atoms with E-state index in [9.17, 15) is 4.79 Å². The van der Waals surface area contributed by atoms with Gasteiger partial charge in [0.15, 0.2) is 5.96 Å². The molecule has 0 aliphatic carbocycles. The molecule has 1 rings (SSSR count). The Labute approximate surface area is 162 Å². The lowest BCUT2D eigenvalue weighted by atomic mass is 10.1. The monoisotopic (exact) mass is 379 g/mol. The first-order valence-electron chi connectivity index (χ1n) is 9.45. The zero-order valence-electron chi connectivity index (χ0n) is 17.0. The second kappa shape index (κ2) is 13.7. The Morgan fingerprint density at radius 2 is 1.85 bits per heavy atom. The summed E-state index contributed by atoms with van der Waals surface area (Å²) in [6, 6.07) is 5.75. The molecule has 7 nitrogen and oxygen atoms in total. The maximum atomic E-state index is 11.3. The molecule has 0 aromatic heterocycles. The zero-order valence-corrected chi connectivity index (χ0v) is 17.0. The number of unbranched alkanes of at least 4 members (excludes halogenated alkanes) is 3. The Bertz CT molecular complexity index is 591. The highest BCUT2D eigenvalue weighted by Crippen LogP contribution is 2.24. The van der Waals surface area contributed by atoms with Crippen LogP contribution in [-0.2, 0) is 16.1 Å². The third-order valence-electron chi connectivity index (χ3n) is 4.07. The van der Waals surface area contributed by atoms with Crippen LogP contribution in [0, 0.1) is 0 Å². The van der Waals surface area contributed by atoms with E-state index >= 15 is 0 Å². The number of carbonyl (C=O) groups excluding carboxylic acids is 1. The predicted molar refractivity (Wildman–Crippen MR) is 107 cm³/mol. The van der Waals surface area contributed by atoms with Crippen molar-refractivity contribution in [2.75, 3.05) is 34.4 Å². The smallest absolute Gasteiger partial charge is 0.305 e. The molecule has 0 spiro atoms. The van der Waals surface area contributed by atoms with Crippen molar-refractivity contribution in [2.24, 2.45) is 4.99 Å². The van der Waals surface area contributed by atoms with E-state index in [0.717, 1.165) is 55.3 Å². The number of esters is 1. The van der Waals surface area contributed by atoms with Gasteiger partial charge in [0.05, 0.1) is 20.8 Å².